The van der Waals surface area contributed by atoms with Crippen molar-refractivity contribution in [2.75, 3.05) is 28.6 Å². The quantitative estimate of drug-likeness (QED) is 0.914. The standard InChI is InChI=1S/C15H16FN5O/c16-11-5-1-2-6-12(11)19-15(22)20-13-9-14(18-10-17-13)21-7-3-4-8-21/h1-2,5-6,9-10H,3-4,7-8H2,(H2,17,18,19,20,22). The molecule has 0 radical (unpaired) electrons. The number of rotatable bonds is 3. The molecule has 1 saturated heterocycles. The summed E-state index contributed by atoms with van der Waals surface area (Å²) in [4.78, 5) is 22.3. The van der Waals surface area contributed by atoms with Crippen molar-refractivity contribution in [3.63, 3.8) is 0 Å². The van der Waals surface area contributed by atoms with Crippen LogP contribution in [0.1, 0.15) is 12.8 Å². The van der Waals surface area contributed by atoms with Crippen LogP contribution in [0, 0.1) is 5.82 Å². The SMILES string of the molecule is O=C(Nc1cc(N2CCCC2)ncn1)Nc1ccccc1F. The monoisotopic (exact) mass is 301 g/mol. The second-order valence-electron chi connectivity index (χ2n) is 5.01. The second kappa shape index (κ2) is 6.38. The van der Waals surface area contributed by atoms with E-state index in [0.29, 0.717) is 5.82 Å². The van der Waals surface area contributed by atoms with Gasteiger partial charge in [-0.15, -0.1) is 0 Å². The van der Waals surface area contributed by atoms with Gasteiger partial charge in [-0.3, -0.25) is 5.32 Å². The van der Waals surface area contributed by atoms with Gasteiger partial charge in [0.25, 0.3) is 0 Å². The summed E-state index contributed by atoms with van der Waals surface area (Å²) in [6.07, 6.45) is 3.69. The molecule has 7 heteroatoms. The first-order valence-corrected chi connectivity index (χ1v) is 7.12. The van der Waals surface area contributed by atoms with Crippen LogP contribution in [0.5, 0.6) is 0 Å². The molecule has 2 amide bonds. The average molecular weight is 301 g/mol. The lowest BCUT2D eigenvalue weighted by Crippen LogP contribution is -2.22. The fourth-order valence-corrected chi connectivity index (χ4v) is 2.37. The van der Waals surface area contributed by atoms with Crippen molar-refractivity contribution in [3.05, 3.63) is 42.5 Å². The van der Waals surface area contributed by atoms with Gasteiger partial charge in [-0.2, -0.15) is 0 Å². The smallest absolute Gasteiger partial charge is 0.324 e. The van der Waals surface area contributed by atoms with E-state index in [1.54, 1.807) is 18.2 Å². The van der Waals surface area contributed by atoms with Crippen LogP contribution in [0.4, 0.5) is 26.5 Å². The normalized spacial score (nSPS) is 14.0. The first-order chi connectivity index (χ1) is 10.7. The zero-order valence-corrected chi connectivity index (χ0v) is 11.9. The van der Waals surface area contributed by atoms with E-state index >= 15 is 0 Å². The number of anilines is 3. The molecule has 6 nitrogen and oxygen atoms in total. The van der Waals surface area contributed by atoms with Crippen molar-refractivity contribution >= 4 is 23.4 Å². The molecule has 0 spiro atoms. The van der Waals surface area contributed by atoms with E-state index in [1.165, 1.54) is 18.5 Å². The van der Waals surface area contributed by atoms with Crippen LogP contribution in [-0.4, -0.2) is 29.1 Å². The van der Waals surface area contributed by atoms with E-state index in [2.05, 4.69) is 25.5 Å². The zero-order chi connectivity index (χ0) is 15.4. The number of halogens is 1. The van der Waals surface area contributed by atoms with Gasteiger partial charge in [0.05, 0.1) is 5.69 Å². The van der Waals surface area contributed by atoms with Crippen molar-refractivity contribution < 1.29 is 9.18 Å². The lowest BCUT2D eigenvalue weighted by Gasteiger charge is -2.16. The fourth-order valence-electron chi connectivity index (χ4n) is 2.37. The van der Waals surface area contributed by atoms with Crippen LogP contribution in [0.25, 0.3) is 0 Å². The highest BCUT2D eigenvalue weighted by Crippen LogP contribution is 2.19. The minimum absolute atomic E-state index is 0.119. The summed E-state index contributed by atoms with van der Waals surface area (Å²) in [6, 6.07) is 7.15. The third kappa shape index (κ3) is 3.30. The van der Waals surface area contributed by atoms with Crippen molar-refractivity contribution in [2.45, 2.75) is 12.8 Å². The van der Waals surface area contributed by atoms with Crippen LogP contribution in [-0.2, 0) is 0 Å². The van der Waals surface area contributed by atoms with Crippen LogP contribution in [0.15, 0.2) is 36.7 Å². The molecule has 114 valence electrons. The highest BCUT2D eigenvalue weighted by atomic mass is 19.1. The van der Waals surface area contributed by atoms with Gasteiger partial charge in [-0.05, 0) is 25.0 Å². The molecule has 0 saturated carbocycles. The van der Waals surface area contributed by atoms with Gasteiger partial charge >= 0.3 is 6.03 Å². The first-order valence-electron chi connectivity index (χ1n) is 7.12. The predicted octanol–water partition coefficient (Wildman–Crippen LogP) is 2.86. The molecule has 3 rings (SSSR count). The number of nitrogens with zero attached hydrogens (tertiary/aromatic N) is 3. The number of benzene rings is 1. The van der Waals surface area contributed by atoms with E-state index in [4.69, 9.17) is 0 Å². The Morgan fingerprint density at radius 3 is 2.68 bits per heavy atom. The summed E-state index contributed by atoms with van der Waals surface area (Å²) in [7, 11) is 0. The van der Waals surface area contributed by atoms with Crippen molar-refractivity contribution in [3.8, 4) is 0 Å². The minimum Gasteiger partial charge on any atom is -0.356 e. The summed E-state index contributed by atoms with van der Waals surface area (Å²) in [5, 5.41) is 5.04. The third-order valence-corrected chi connectivity index (χ3v) is 3.45. The highest BCUT2D eigenvalue weighted by molar-refractivity contribution is 5.99. The molecule has 0 unspecified atom stereocenters. The Labute approximate surface area is 127 Å². The fraction of sp³-hybridized carbons (Fsp3) is 0.267. The number of carbonyl (C=O) groups excluding carboxylic acids is 1. The molecule has 0 aliphatic carbocycles. The van der Waals surface area contributed by atoms with Crippen LogP contribution in [0.3, 0.4) is 0 Å². The average Bonchev–Trinajstić information content (AvgIpc) is 3.04. The Bertz CT molecular complexity index is 672. The molecule has 1 aromatic heterocycles. The molecule has 2 heterocycles. The van der Waals surface area contributed by atoms with Gasteiger partial charge in [-0.25, -0.2) is 19.2 Å². The number of amides is 2. The topological polar surface area (TPSA) is 70.2 Å². The highest BCUT2D eigenvalue weighted by Gasteiger charge is 2.14. The number of urea groups is 1. The maximum absolute atomic E-state index is 13.5. The lowest BCUT2D eigenvalue weighted by atomic mass is 10.3. The third-order valence-electron chi connectivity index (χ3n) is 3.45. The summed E-state index contributed by atoms with van der Waals surface area (Å²) in [5.41, 5.74) is 0.119. The van der Waals surface area contributed by atoms with E-state index in [0.717, 1.165) is 31.7 Å². The van der Waals surface area contributed by atoms with Crippen LogP contribution < -0.4 is 15.5 Å². The van der Waals surface area contributed by atoms with Gasteiger partial charge in [0.15, 0.2) is 0 Å². The van der Waals surface area contributed by atoms with Gasteiger partial charge < -0.3 is 10.2 Å². The summed E-state index contributed by atoms with van der Waals surface area (Å²) in [5.74, 6) is 0.678. The molecule has 2 N–H and O–H groups in total. The van der Waals surface area contributed by atoms with E-state index in [1.807, 2.05) is 0 Å². The molecule has 0 atom stereocenters. The van der Waals surface area contributed by atoms with E-state index < -0.39 is 11.8 Å². The summed E-state index contributed by atoms with van der Waals surface area (Å²) >= 11 is 0. The number of aromatic nitrogens is 2. The Morgan fingerprint density at radius 2 is 1.91 bits per heavy atom. The van der Waals surface area contributed by atoms with Crippen LogP contribution >= 0.6 is 0 Å². The Balaban J connectivity index is 1.66. The van der Waals surface area contributed by atoms with Crippen molar-refractivity contribution in [1.29, 1.82) is 0 Å². The molecule has 22 heavy (non-hydrogen) atoms. The van der Waals surface area contributed by atoms with Crippen molar-refractivity contribution in [2.24, 2.45) is 0 Å². The predicted molar refractivity (Wildman–Crippen MR) is 82.5 cm³/mol. The summed E-state index contributed by atoms with van der Waals surface area (Å²) in [6.45, 7) is 1.91. The number of carbonyl (C=O) groups is 1. The van der Waals surface area contributed by atoms with Gasteiger partial charge in [0.1, 0.15) is 23.8 Å². The van der Waals surface area contributed by atoms with E-state index in [9.17, 15) is 9.18 Å². The molecule has 1 aliphatic rings. The Kier molecular flexibility index (Phi) is 4.13. The Hall–Kier alpha value is -2.70. The molecule has 2 aromatic rings. The molecule has 0 bridgehead atoms. The first kappa shape index (κ1) is 14.2. The van der Waals surface area contributed by atoms with Gasteiger partial charge in [-0.1, -0.05) is 12.1 Å². The number of hydrogen-bond donors (Lipinski definition) is 2. The number of para-hydroxylation sites is 1. The maximum Gasteiger partial charge on any atom is 0.324 e. The maximum atomic E-state index is 13.5. The number of nitrogens with one attached hydrogen (secondary N) is 2. The molecular weight excluding hydrogens is 285 g/mol. The zero-order valence-electron chi connectivity index (χ0n) is 11.9. The Morgan fingerprint density at radius 1 is 1.14 bits per heavy atom. The minimum atomic E-state index is -0.545. The molecule has 1 aliphatic heterocycles. The molecule has 1 aromatic carbocycles. The largest absolute Gasteiger partial charge is 0.356 e. The molecule has 1 fully saturated rings. The van der Waals surface area contributed by atoms with Crippen LogP contribution in [0.2, 0.25) is 0 Å². The van der Waals surface area contributed by atoms with Gasteiger partial charge in [0, 0.05) is 19.2 Å². The van der Waals surface area contributed by atoms with E-state index in [-0.39, 0.29) is 5.69 Å². The van der Waals surface area contributed by atoms with Crippen molar-refractivity contribution in [1.82, 2.24) is 9.97 Å². The summed E-state index contributed by atoms with van der Waals surface area (Å²) < 4.78 is 13.5. The van der Waals surface area contributed by atoms with Gasteiger partial charge in [0.2, 0.25) is 0 Å². The lowest BCUT2D eigenvalue weighted by molar-refractivity contribution is 0.262. The number of hydrogen-bond acceptors (Lipinski definition) is 4. The molecular formula is C15H16FN5O. The second-order valence-corrected chi connectivity index (χ2v) is 5.01.